The number of hydrogen-bond donors (Lipinski definition) is 1. The molecule has 2 atom stereocenters. The van der Waals surface area contributed by atoms with Gasteiger partial charge in [0.2, 0.25) is 0 Å². The largest absolute Gasteiger partial charge is 0.356 e. The quantitative estimate of drug-likeness (QED) is 0.819. The number of hydrogen-bond acceptors (Lipinski definition) is 4. The Labute approximate surface area is 116 Å². The lowest BCUT2D eigenvalue weighted by atomic mass is 10.1. The Morgan fingerprint density at radius 2 is 2.16 bits per heavy atom. The first-order valence-corrected chi connectivity index (χ1v) is 6.89. The van der Waals surface area contributed by atoms with Crippen LogP contribution < -0.4 is 10.2 Å². The van der Waals surface area contributed by atoms with Gasteiger partial charge >= 0.3 is 0 Å². The molecule has 4 heteroatoms. The van der Waals surface area contributed by atoms with E-state index in [1.807, 2.05) is 31.1 Å². The van der Waals surface area contributed by atoms with E-state index in [-0.39, 0.29) is 6.04 Å². The SMILES string of the molecule is CCCNC(C)c1ccc(N(C)C(C)CC#N)nc1. The number of pyridine rings is 1. The summed E-state index contributed by atoms with van der Waals surface area (Å²) in [4.78, 5) is 6.53. The average molecular weight is 260 g/mol. The Balaban J connectivity index is 2.68. The first kappa shape index (κ1) is 15.5. The standard InChI is InChI=1S/C15H24N4/c1-5-10-17-13(3)14-6-7-15(18-11-14)19(4)12(2)8-9-16/h6-7,11-13,17H,5,8,10H2,1-4H3. The second-order valence-electron chi connectivity index (χ2n) is 4.95. The van der Waals surface area contributed by atoms with Gasteiger partial charge in [0.1, 0.15) is 5.82 Å². The van der Waals surface area contributed by atoms with Gasteiger partial charge in [0.05, 0.1) is 12.5 Å². The van der Waals surface area contributed by atoms with E-state index in [2.05, 4.69) is 36.3 Å². The molecule has 0 saturated heterocycles. The van der Waals surface area contributed by atoms with Gasteiger partial charge in [0.15, 0.2) is 0 Å². The van der Waals surface area contributed by atoms with Crippen LogP contribution in [0, 0.1) is 11.3 Å². The highest BCUT2D eigenvalue weighted by molar-refractivity contribution is 5.40. The van der Waals surface area contributed by atoms with Gasteiger partial charge in [0, 0.05) is 25.3 Å². The number of nitrogens with zero attached hydrogens (tertiary/aromatic N) is 3. The molecule has 0 fully saturated rings. The average Bonchev–Trinajstić information content (AvgIpc) is 2.44. The fraction of sp³-hybridized carbons (Fsp3) is 0.600. The minimum absolute atomic E-state index is 0.180. The van der Waals surface area contributed by atoms with Crippen LogP contribution in [0.3, 0.4) is 0 Å². The molecule has 1 aromatic rings. The highest BCUT2D eigenvalue weighted by atomic mass is 15.2. The molecule has 19 heavy (non-hydrogen) atoms. The van der Waals surface area contributed by atoms with Crippen molar-refractivity contribution in [3.05, 3.63) is 23.9 Å². The van der Waals surface area contributed by atoms with Crippen molar-refractivity contribution in [3.63, 3.8) is 0 Å². The molecule has 2 unspecified atom stereocenters. The lowest BCUT2D eigenvalue weighted by molar-refractivity contribution is 0.569. The Kier molecular flexibility index (Phi) is 6.31. The summed E-state index contributed by atoms with van der Waals surface area (Å²) in [5.74, 6) is 0.911. The zero-order valence-corrected chi connectivity index (χ0v) is 12.3. The van der Waals surface area contributed by atoms with E-state index in [4.69, 9.17) is 5.26 Å². The molecule has 0 aromatic carbocycles. The van der Waals surface area contributed by atoms with Crippen LogP contribution in [0.25, 0.3) is 0 Å². The second kappa shape index (κ2) is 7.75. The van der Waals surface area contributed by atoms with Crippen molar-refractivity contribution in [3.8, 4) is 6.07 Å². The third-order valence-electron chi connectivity index (χ3n) is 3.38. The smallest absolute Gasteiger partial charge is 0.128 e. The van der Waals surface area contributed by atoms with Crippen LogP contribution in [0.15, 0.2) is 18.3 Å². The Morgan fingerprint density at radius 3 is 2.68 bits per heavy atom. The van der Waals surface area contributed by atoms with E-state index in [0.717, 1.165) is 18.8 Å². The summed E-state index contributed by atoms with van der Waals surface area (Å²) in [5.41, 5.74) is 1.19. The van der Waals surface area contributed by atoms with Gasteiger partial charge in [-0.3, -0.25) is 0 Å². The maximum absolute atomic E-state index is 8.73. The Morgan fingerprint density at radius 1 is 1.42 bits per heavy atom. The molecule has 0 amide bonds. The molecular formula is C15H24N4. The fourth-order valence-electron chi connectivity index (χ4n) is 1.84. The highest BCUT2D eigenvalue weighted by Gasteiger charge is 2.11. The van der Waals surface area contributed by atoms with Crippen molar-refractivity contribution in [1.82, 2.24) is 10.3 Å². The van der Waals surface area contributed by atoms with Crippen molar-refractivity contribution < 1.29 is 0 Å². The van der Waals surface area contributed by atoms with Crippen molar-refractivity contribution in [2.45, 2.75) is 45.7 Å². The van der Waals surface area contributed by atoms with Gasteiger partial charge < -0.3 is 10.2 Å². The molecule has 0 aliphatic heterocycles. The van der Waals surface area contributed by atoms with Gasteiger partial charge in [-0.15, -0.1) is 0 Å². The van der Waals surface area contributed by atoms with Gasteiger partial charge in [-0.25, -0.2) is 4.98 Å². The van der Waals surface area contributed by atoms with E-state index >= 15 is 0 Å². The van der Waals surface area contributed by atoms with Crippen molar-refractivity contribution in [1.29, 1.82) is 5.26 Å². The Bertz CT molecular complexity index is 407. The maximum Gasteiger partial charge on any atom is 0.128 e. The van der Waals surface area contributed by atoms with Crippen LogP contribution in [-0.4, -0.2) is 24.6 Å². The molecule has 1 N–H and O–H groups in total. The summed E-state index contributed by atoms with van der Waals surface area (Å²) >= 11 is 0. The van der Waals surface area contributed by atoms with Crippen LogP contribution in [0.5, 0.6) is 0 Å². The molecule has 1 heterocycles. The predicted molar refractivity (Wildman–Crippen MR) is 79.0 cm³/mol. The molecule has 1 rings (SSSR count). The van der Waals surface area contributed by atoms with E-state index < -0.39 is 0 Å². The van der Waals surface area contributed by atoms with Crippen LogP contribution in [0.1, 0.15) is 45.2 Å². The third-order valence-corrected chi connectivity index (χ3v) is 3.38. The number of nitriles is 1. The van der Waals surface area contributed by atoms with Gasteiger partial charge in [-0.05, 0) is 38.4 Å². The topological polar surface area (TPSA) is 52.0 Å². The number of anilines is 1. The lowest BCUT2D eigenvalue weighted by Gasteiger charge is -2.24. The first-order valence-electron chi connectivity index (χ1n) is 6.89. The van der Waals surface area contributed by atoms with Crippen LogP contribution >= 0.6 is 0 Å². The maximum atomic E-state index is 8.73. The summed E-state index contributed by atoms with van der Waals surface area (Å²) in [6, 6.07) is 6.82. The number of rotatable bonds is 7. The van der Waals surface area contributed by atoms with Crippen LogP contribution in [0.4, 0.5) is 5.82 Å². The normalized spacial score (nSPS) is 13.6. The first-order chi connectivity index (χ1) is 9.10. The summed E-state index contributed by atoms with van der Waals surface area (Å²) in [6.45, 7) is 7.35. The zero-order chi connectivity index (χ0) is 14.3. The van der Waals surface area contributed by atoms with Gasteiger partial charge in [-0.2, -0.15) is 5.26 Å². The van der Waals surface area contributed by atoms with Crippen LogP contribution in [-0.2, 0) is 0 Å². The minimum Gasteiger partial charge on any atom is -0.356 e. The summed E-state index contributed by atoms with van der Waals surface area (Å²) in [6.07, 6.45) is 3.55. The molecule has 1 aromatic heterocycles. The van der Waals surface area contributed by atoms with Crippen molar-refractivity contribution in [2.24, 2.45) is 0 Å². The molecular weight excluding hydrogens is 236 g/mol. The predicted octanol–water partition coefficient (Wildman–Crippen LogP) is 2.88. The molecule has 0 aliphatic carbocycles. The van der Waals surface area contributed by atoms with Crippen molar-refractivity contribution in [2.75, 3.05) is 18.5 Å². The summed E-state index contributed by atoms with van der Waals surface area (Å²) in [5, 5.41) is 12.2. The van der Waals surface area contributed by atoms with Gasteiger partial charge in [-0.1, -0.05) is 13.0 Å². The second-order valence-corrected chi connectivity index (χ2v) is 4.95. The molecule has 0 saturated carbocycles. The third kappa shape index (κ3) is 4.53. The molecule has 104 valence electrons. The summed E-state index contributed by atoms with van der Waals surface area (Å²) in [7, 11) is 1.97. The molecule has 4 nitrogen and oxygen atoms in total. The van der Waals surface area contributed by atoms with E-state index in [9.17, 15) is 0 Å². The molecule has 0 aliphatic rings. The highest BCUT2D eigenvalue weighted by Crippen LogP contribution is 2.17. The van der Waals surface area contributed by atoms with Crippen LogP contribution in [0.2, 0.25) is 0 Å². The molecule has 0 radical (unpaired) electrons. The van der Waals surface area contributed by atoms with Gasteiger partial charge in [0.25, 0.3) is 0 Å². The van der Waals surface area contributed by atoms with E-state index in [0.29, 0.717) is 12.5 Å². The fourth-order valence-corrected chi connectivity index (χ4v) is 1.84. The molecule has 0 spiro atoms. The monoisotopic (exact) mass is 260 g/mol. The minimum atomic E-state index is 0.180. The van der Waals surface area contributed by atoms with E-state index in [1.165, 1.54) is 5.56 Å². The summed E-state index contributed by atoms with van der Waals surface area (Å²) < 4.78 is 0. The van der Waals surface area contributed by atoms with E-state index in [1.54, 1.807) is 0 Å². The number of nitrogens with one attached hydrogen (secondary N) is 1. The molecule has 0 bridgehead atoms. The zero-order valence-electron chi connectivity index (χ0n) is 12.3. The van der Waals surface area contributed by atoms with Crippen molar-refractivity contribution >= 4 is 5.82 Å². The Hall–Kier alpha value is -1.60. The number of aromatic nitrogens is 1. The lowest BCUT2D eigenvalue weighted by Crippen LogP contribution is -2.29.